The molecule has 2 N–H and O–H groups in total. The topological polar surface area (TPSA) is 101 Å². The molecule has 7 nitrogen and oxygen atoms in total. The molecular formula is C19H14BrN3O4. The SMILES string of the molecule is CC(=O)c1cccc(NC(=O)c2nn(-c3ccc(Br)cc3)c(=O)cc2O)c1. The zero-order valence-electron chi connectivity index (χ0n) is 14.1. The number of rotatable bonds is 4. The molecule has 0 saturated carbocycles. The standard InChI is InChI=1S/C19H14BrN3O4/c1-11(24)12-3-2-4-14(9-12)21-19(27)18-16(25)10-17(26)23(22-18)15-7-5-13(20)6-8-15/h2-10,25H,1H3,(H,21,27). The Bertz CT molecular complexity index is 1090. The first-order valence-corrected chi connectivity index (χ1v) is 8.66. The van der Waals surface area contributed by atoms with Gasteiger partial charge in [0.05, 0.1) is 5.69 Å². The molecule has 27 heavy (non-hydrogen) atoms. The van der Waals surface area contributed by atoms with E-state index in [0.29, 0.717) is 16.9 Å². The summed E-state index contributed by atoms with van der Waals surface area (Å²) in [5, 5.41) is 16.6. The number of hydrogen-bond acceptors (Lipinski definition) is 5. The van der Waals surface area contributed by atoms with Gasteiger partial charge in [-0.15, -0.1) is 0 Å². The number of ketones is 1. The van der Waals surface area contributed by atoms with Crippen molar-refractivity contribution in [1.29, 1.82) is 0 Å². The number of carbonyl (C=O) groups excluding carboxylic acids is 2. The molecule has 1 aromatic heterocycles. The Labute approximate surface area is 162 Å². The van der Waals surface area contributed by atoms with Crippen molar-refractivity contribution in [3.63, 3.8) is 0 Å². The molecule has 136 valence electrons. The van der Waals surface area contributed by atoms with Crippen molar-refractivity contribution in [3.8, 4) is 11.4 Å². The van der Waals surface area contributed by atoms with Gasteiger partial charge in [-0.1, -0.05) is 28.1 Å². The van der Waals surface area contributed by atoms with Gasteiger partial charge in [-0.05, 0) is 43.3 Å². The van der Waals surface area contributed by atoms with Gasteiger partial charge in [-0.2, -0.15) is 9.78 Å². The molecule has 1 amide bonds. The fraction of sp³-hybridized carbons (Fsp3) is 0.0526. The van der Waals surface area contributed by atoms with Crippen LogP contribution in [-0.4, -0.2) is 26.6 Å². The summed E-state index contributed by atoms with van der Waals surface area (Å²) in [6, 6.07) is 14.0. The zero-order chi connectivity index (χ0) is 19.6. The minimum Gasteiger partial charge on any atom is -0.505 e. The summed E-state index contributed by atoms with van der Waals surface area (Å²) in [4.78, 5) is 36.1. The van der Waals surface area contributed by atoms with Crippen LogP contribution in [-0.2, 0) is 0 Å². The molecule has 1 heterocycles. The lowest BCUT2D eigenvalue weighted by atomic mass is 10.1. The number of nitrogens with one attached hydrogen (secondary N) is 1. The van der Waals surface area contributed by atoms with Crippen LogP contribution in [0.15, 0.2) is 63.9 Å². The molecule has 0 fully saturated rings. The van der Waals surface area contributed by atoms with Crippen molar-refractivity contribution < 1.29 is 14.7 Å². The molecule has 3 aromatic rings. The first kappa shape index (κ1) is 18.5. The van der Waals surface area contributed by atoms with Crippen LogP contribution in [0.3, 0.4) is 0 Å². The molecule has 0 aliphatic heterocycles. The third-order valence-corrected chi connectivity index (χ3v) is 4.25. The lowest BCUT2D eigenvalue weighted by Crippen LogP contribution is -2.25. The Balaban J connectivity index is 1.96. The van der Waals surface area contributed by atoms with Gasteiger partial charge in [0.25, 0.3) is 11.5 Å². The molecule has 2 aromatic carbocycles. The molecule has 0 unspecified atom stereocenters. The molecule has 0 aliphatic carbocycles. The fourth-order valence-corrected chi connectivity index (χ4v) is 2.65. The predicted molar refractivity (Wildman–Crippen MR) is 104 cm³/mol. The van der Waals surface area contributed by atoms with E-state index in [1.54, 1.807) is 42.5 Å². The van der Waals surface area contributed by atoms with E-state index in [-0.39, 0.29) is 11.5 Å². The monoisotopic (exact) mass is 427 g/mol. The average molecular weight is 428 g/mol. The normalized spacial score (nSPS) is 10.4. The van der Waals surface area contributed by atoms with E-state index in [2.05, 4.69) is 26.3 Å². The highest BCUT2D eigenvalue weighted by Crippen LogP contribution is 2.18. The van der Waals surface area contributed by atoms with Gasteiger partial charge >= 0.3 is 0 Å². The van der Waals surface area contributed by atoms with E-state index < -0.39 is 17.2 Å². The summed E-state index contributed by atoms with van der Waals surface area (Å²) in [5.74, 6) is -1.39. The summed E-state index contributed by atoms with van der Waals surface area (Å²) in [5.41, 5.74) is 0.353. The van der Waals surface area contributed by atoms with Crippen molar-refractivity contribution in [2.75, 3.05) is 5.32 Å². The van der Waals surface area contributed by atoms with Crippen LogP contribution in [0.25, 0.3) is 5.69 Å². The highest BCUT2D eigenvalue weighted by molar-refractivity contribution is 9.10. The van der Waals surface area contributed by atoms with Gasteiger partial charge in [0.15, 0.2) is 17.2 Å². The average Bonchev–Trinajstić information content (AvgIpc) is 2.63. The number of aromatic hydroxyl groups is 1. The summed E-state index contributed by atoms with van der Waals surface area (Å²) >= 11 is 3.30. The number of nitrogens with zero attached hydrogens (tertiary/aromatic N) is 2. The smallest absolute Gasteiger partial charge is 0.279 e. The summed E-state index contributed by atoms with van der Waals surface area (Å²) in [7, 11) is 0. The fourth-order valence-electron chi connectivity index (χ4n) is 2.38. The quantitative estimate of drug-likeness (QED) is 0.622. The number of Topliss-reactive ketones (excluding diaryl/α,β-unsaturated/α-hetero) is 1. The number of amides is 1. The highest BCUT2D eigenvalue weighted by atomic mass is 79.9. The minimum absolute atomic E-state index is 0.143. The Morgan fingerprint density at radius 1 is 1.11 bits per heavy atom. The molecule has 3 rings (SSSR count). The van der Waals surface area contributed by atoms with Crippen molar-refractivity contribution in [2.24, 2.45) is 0 Å². The Hall–Kier alpha value is -3.26. The number of aromatic nitrogens is 2. The number of anilines is 1. The zero-order valence-corrected chi connectivity index (χ0v) is 15.7. The Kier molecular flexibility index (Phi) is 5.18. The van der Waals surface area contributed by atoms with Crippen LogP contribution < -0.4 is 10.9 Å². The minimum atomic E-state index is -0.709. The van der Waals surface area contributed by atoms with Gasteiger partial charge < -0.3 is 10.4 Å². The van der Waals surface area contributed by atoms with Crippen LogP contribution in [0.4, 0.5) is 5.69 Å². The molecular weight excluding hydrogens is 414 g/mol. The van der Waals surface area contributed by atoms with Crippen molar-refractivity contribution in [2.45, 2.75) is 6.92 Å². The number of carbonyl (C=O) groups is 2. The van der Waals surface area contributed by atoms with Gasteiger partial charge in [0.2, 0.25) is 0 Å². The molecule has 0 aliphatic rings. The van der Waals surface area contributed by atoms with Crippen molar-refractivity contribution >= 4 is 33.3 Å². The molecule has 0 spiro atoms. The number of hydrogen-bond donors (Lipinski definition) is 2. The lowest BCUT2D eigenvalue weighted by molar-refractivity contribution is 0.100. The van der Waals surface area contributed by atoms with E-state index in [1.165, 1.54) is 13.0 Å². The summed E-state index contributed by atoms with van der Waals surface area (Å²) in [6.45, 7) is 1.42. The van der Waals surface area contributed by atoms with Crippen LogP contribution in [0.1, 0.15) is 27.8 Å². The summed E-state index contributed by atoms with van der Waals surface area (Å²) < 4.78 is 1.84. The molecule has 0 saturated heterocycles. The predicted octanol–water partition coefficient (Wildman–Crippen LogP) is 3.16. The number of benzene rings is 2. The largest absolute Gasteiger partial charge is 0.505 e. The second kappa shape index (κ2) is 7.55. The Morgan fingerprint density at radius 2 is 1.81 bits per heavy atom. The van der Waals surface area contributed by atoms with E-state index in [0.717, 1.165) is 15.2 Å². The maximum atomic E-state index is 12.5. The van der Waals surface area contributed by atoms with Crippen LogP contribution in [0.5, 0.6) is 5.75 Å². The van der Waals surface area contributed by atoms with Crippen molar-refractivity contribution in [3.05, 3.63) is 80.7 Å². The maximum absolute atomic E-state index is 12.5. The van der Waals surface area contributed by atoms with Gasteiger partial charge in [0, 0.05) is 21.8 Å². The third-order valence-electron chi connectivity index (χ3n) is 3.72. The molecule has 0 atom stereocenters. The van der Waals surface area contributed by atoms with Crippen LogP contribution in [0, 0.1) is 0 Å². The Morgan fingerprint density at radius 3 is 2.48 bits per heavy atom. The molecule has 0 bridgehead atoms. The first-order chi connectivity index (χ1) is 12.8. The highest BCUT2D eigenvalue weighted by Gasteiger charge is 2.17. The van der Waals surface area contributed by atoms with Gasteiger partial charge in [-0.25, -0.2) is 0 Å². The van der Waals surface area contributed by atoms with Crippen LogP contribution in [0.2, 0.25) is 0 Å². The van der Waals surface area contributed by atoms with Gasteiger partial charge in [0.1, 0.15) is 0 Å². The first-order valence-electron chi connectivity index (χ1n) is 7.87. The molecule has 0 radical (unpaired) electrons. The second-order valence-corrected chi connectivity index (χ2v) is 6.61. The lowest BCUT2D eigenvalue weighted by Gasteiger charge is -2.10. The summed E-state index contributed by atoms with van der Waals surface area (Å²) in [6.07, 6.45) is 0. The van der Waals surface area contributed by atoms with Crippen LogP contribution >= 0.6 is 15.9 Å². The van der Waals surface area contributed by atoms with E-state index in [1.807, 2.05) is 0 Å². The maximum Gasteiger partial charge on any atom is 0.279 e. The number of halogens is 1. The third kappa shape index (κ3) is 4.12. The van der Waals surface area contributed by atoms with E-state index in [4.69, 9.17) is 0 Å². The van der Waals surface area contributed by atoms with E-state index >= 15 is 0 Å². The second-order valence-electron chi connectivity index (χ2n) is 5.70. The molecule has 8 heteroatoms. The van der Waals surface area contributed by atoms with Crippen molar-refractivity contribution in [1.82, 2.24) is 9.78 Å². The van der Waals surface area contributed by atoms with E-state index in [9.17, 15) is 19.5 Å². The van der Waals surface area contributed by atoms with Gasteiger partial charge in [-0.3, -0.25) is 14.4 Å².